The molecule has 2 heterocycles. The number of carbonyl (C=O) groups excluding carboxylic acids is 1. The monoisotopic (exact) mass is 450 g/mol. The largest absolute Gasteiger partial charge is 0.497 e. The number of methoxy groups -OCH3 is 1. The summed E-state index contributed by atoms with van der Waals surface area (Å²) in [4.78, 5) is 21.2. The molecule has 0 spiro atoms. The van der Waals surface area contributed by atoms with Crippen molar-refractivity contribution in [2.45, 2.75) is 26.2 Å². The van der Waals surface area contributed by atoms with Crippen molar-refractivity contribution in [1.29, 1.82) is 0 Å². The van der Waals surface area contributed by atoms with Gasteiger partial charge in [-0.05, 0) is 55.0 Å². The third kappa shape index (κ3) is 5.83. The van der Waals surface area contributed by atoms with Crippen LogP contribution >= 0.6 is 0 Å². The van der Waals surface area contributed by atoms with Crippen LogP contribution in [-0.4, -0.2) is 60.8 Å². The van der Waals surface area contributed by atoms with Crippen molar-refractivity contribution >= 4 is 11.6 Å². The lowest BCUT2D eigenvalue weighted by molar-refractivity contribution is -0.133. The second kappa shape index (κ2) is 10.8. The average molecular weight is 451 g/mol. The SMILES string of the molecule is CCCCc1nc(-c2ccc(OCC(=O)N3CCN(c4ccc(OC)cc4)CC3)cc2)no1. The number of piperazine rings is 1. The molecule has 33 heavy (non-hydrogen) atoms. The number of anilines is 1. The van der Waals surface area contributed by atoms with E-state index in [1.165, 1.54) is 0 Å². The molecular weight excluding hydrogens is 420 g/mol. The van der Waals surface area contributed by atoms with E-state index >= 15 is 0 Å². The van der Waals surface area contributed by atoms with Gasteiger partial charge in [-0.1, -0.05) is 18.5 Å². The van der Waals surface area contributed by atoms with Gasteiger partial charge in [0.05, 0.1) is 7.11 Å². The molecule has 8 nitrogen and oxygen atoms in total. The van der Waals surface area contributed by atoms with Crippen LogP contribution in [0.1, 0.15) is 25.7 Å². The van der Waals surface area contributed by atoms with Crippen LogP contribution < -0.4 is 14.4 Å². The van der Waals surface area contributed by atoms with Crippen molar-refractivity contribution in [2.24, 2.45) is 0 Å². The van der Waals surface area contributed by atoms with Gasteiger partial charge in [-0.3, -0.25) is 4.79 Å². The Morgan fingerprint density at radius 2 is 1.70 bits per heavy atom. The Balaban J connectivity index is 1.24. The smallest absolute Gasteiger partial charge is 0.260 e. The van der Waals surface area contributed by atoms with Crippen molar-refractivity contribution in [3.8, 4) is 22.9 Å². The lowest BCUT2D eigenvalue weighted by Gasteiger charge is -2.36. The van der Waals surface area contributed by atoms with Gasteiger partial charge in [-0.2, -0.15) is 4.98 Å². The quantitative estimate of drug-likeness (QED) is 0.490. The average Bonchev–Trinajstić information content (AvgIpc) is 3.35. The van der Waals surface area contributed by atoms with Crippen LogP contribution in [0.4, 0.5) is 5.69 Å². The first-order chi connectivity index (χ1) is 16.2. The van der Waals surface area contributed by atoms with Crippen LogP contribution in [0.15, 0.2) is 53.1 Å². The maximum Gasteiger partial charge on any atom is 0.260 e. The first kappa shape index (κ1) is 22.6. The molecule has 1 aromatic heterocycles. The highest BCUT2D eigenvalue weighted by Crippen LogP contribution is 2.22. The Bertz CT molecular complexity index is 1030. The van der Waals surface area contributed by atoms with Crippen molar-refractivity contribution in [3.05, 3.63) is 54.4 Å². The minimum Gasteiger partial charge on any atom is -0.497 e. The zero-order chi connectivity index (χ0) is 23.0. The summed E-state index contributed by atoms with van der Waals surface area (Å²) in [6, 6.07) is 15.4. The zero-order valence-electron chi connectivity index (χ0n) is 19.2. The van der Waals surface area contributed by atoms with Crippen LogP contribution in [0.2, 0.25) is 0 Å². The molecular formula is C25H30N4O4. The summed E-state index contributed by atoms with van der Waals surface area (Å²) >= 11 is 0. The fraction of sp³-hybridized carbons (Fsp3) is 0.400. The van der Waals surface area contributed by atoms with Crippen LogP contribution in [0.5, 0.6) is 11.5 Å². The molecule has 1 amide bonds. The third-order valence-corrected chi connectivity index (χ3v) is 5.76. The molecule has 0 saturated carbocycles. The molecule has 4 rings (SSSR count). The number of ether oxygens (including phenoxy) is 2. The van der Waals surface area contributed by atoms with E-state index in [2.05, 4.69) is 22.0 Å². The van der Waals surface area contributed by atoms with Crippen LogP contribution in [-0.2, 0) is 11.2 Å². The number of aromatic nitrogens is 2. The molecule has 1 aliphatic rings. The van der Waals surface area contributed by atoms with Crippen molar-refractivity contribution in [3.63, 3.8) is 0 Å². The summed E-state index contributed by atoms with van der Waals surface area (Å²) in [7, 11) is 1.66. The maximum atomic E-state index is 12.6. The molecule has 0 N–H and O–H groups in total. The molecule has 8 heteroatoms. The summed E-state index contributed by atoms with van der Waals surface area (Å²) in [6.07, 6.45) is 2.90. The molecule has 2 aromatic carbocycles. The van der Waals surface area contributed by atoms with E-state index in [4.69, 9.17) is 14.0 Å². The zero-order valence-corrected chi connectivity index (χ0v) is 19.2. The van der Waals surface area contributed by atoms with Gasteiger partial charge in [0, 0.05) is 43.9 Å². The van der Waals surface area contributed by atoms with E-state index in [0.29, 0.717) is 30.6 Å². The predicted molar refractivity (Wildman–Crippen MR) is 126 cm³/mol. The van der Waals surface area contributed by atoms with Crippen LogP contribution in [0.25, 0.3) is 11.4 Å². The van der Waals surface area contributed by atoms with E-state index in [9.17, 15) is 4.79 Å². The first-order valence-electron chi connectivity index (χ1n) is 11.4. The molecule has 0 unspecified atom stereocenters. The van der Waals surface area contributed by atoms with Gasteiger partial charge in [0.15, 0.2) is 6.61 Å². The highest BCUT2D eigenvalue weighted by atomic mass is 16.5. The summed E-state index contributed by atoms with van der Waals surface area (Å²) in [5.41, 5.74) is 1.99. The number of aryl methyl sites for hydroxylation is 1. The lowest BCUT2D eigenvalue weighted by atomic mass is 10.2. The Morgan fingerprint density at radius 3 is 2.36 bits per heavy atom. The van der Waals surface area contributed by atoms with Gasteiger partial charge >= 0.3 is 0 Å². The van der Waals surface area contributed by atoms with E-state index in [0.717, 1.165) is 49.4 Å². The molecule has 3 aromatic rings. The number of amides is 1. The lowest BCUT2D eigenvalue weighted by Crippen LogP contribution is -2.50. The van der Waals surface area contributed by atoms with Crippen LogP contribution in [0.3, 0.4) is 0 Å². The number of hydrogen-bond acceptors (Lipinski definition) is 7. The molecule has 0 atom stereocenters. The third-order valence-electron chi connectivity index (χ3n) is 5.76. The number of unbranched alkanes of at least 4 members (excludes halogenated alkanes) is 1. The van der Waals surface area contributed by atoms with Gasteiger partial charge in [-0.15, -0.1) is 0 Å². The summed E-state index contributed by atoms with van der Waals surface area (Å²) in [6.45, 7) is 5.07. The molecule has 1 aliphatic heterocycles. The second-order valence-corrected chi connectivity index (χ2v) is 7.99. The molecule has 1 fully saturated rings. The fourth-order valence-corrected chi connectivity index (χ4v) is 3.75. The summed E-state index contributed by atoms with van der Waals surface area (Å²) in [5.74, 6) is 2.70. The Labute approximate surface area is 194 Å². The van der Waals surface area contributed by atoms with Gasteiger partial charge in [0.1, 0.15) is 11.5 Å². The number of carbonyl (C=O) groups is 1. The van der Waals surface area contributed by atoms with Gasteiger partial charge in [0.25, 0.3) is 5.91 Å². The van der Waals surface area contributed by atoms with Crippen molar-refractivity contribution in [2.75, 3.05) is 44.8 Å². The van der Waals surface area contributed by atoms with Gasteiger partial charge < -0.3 is 23.8 Å². The van der Waals surface area contributed by atoms with Gasteiger partial charge in [0.2, 0.25) is 11.7 Å². The molecule has 0 bridgehead atoms. The number of nitrogens with zero attached hydrogens (tertiary/aromatic N) is 4. The predicted octanol–water partition coefficient (Wildman–Crippen LogP) is 3.82. The normalized spacial score (nSPS) is 13.8. The van der Waals surface area contributed by atoms with Gasteiger partial charge in [-0.25, -0.2) is 0 Å². The standard InChI is InChI=1S/C25H30N4O4/c1-3-4-5-23-26-25(27-33-23)19-6-10-22(11-7-19)32-18-24(30)29-16-14-28(15-17-29)20-8-12-21(31-2)13-9-20/h6-13H,3-5,14-18H2,1-2H3. The Kier molecular flexibility index (Phi) is 7.44. The van der Waals surface area contributed by atoms with E-state index in [1.54, 1.807) is 7.11 Å². The molecule has 174 valence electrons. The number of rotatable bonds is 9. The molecule has 1 saturated heterocycles. The minimum absolute atomic E-state index is 0.00723. The highest BCUT2D eigenvalue weighted by molar-refractivity contribution is 5.78. The van der Waals surface area contributed by atoms with E-state index in [1.807, 2.05) is 53.4 Å². The van der Waals surface area contributed by atoms with Crippen molar-refractivity contribution in [1.82, 2.24) is 15.0 Å². The molecule has 0 aliphatic carbocycles. The second-order valence-electron chi connectivity index (χ2n) is 7.99. The number of benzene rings is 2. The van der Waals surface area contributed by atoms with E-state index < -0.39 is 0 Å². The van der Waals surface area contributed by atoms with E-state index in [-0.39, 0.29) is 12.5 Å². The fourth-order valence-electron chi connectivity index (χ4n) is 3.75. The maximum absolute atomic E-state index is 12.6. The molecule has 0 radical (unpaired) electrons. The summed E-state index contributed by atoms with van der Waals surface area (Å²) in [5, 5.41) is 4.04. The number of hydrogen-bond donors (Lipinski definition) is 0. The minimum atomic E-state index is -0.00723. The Hall–Kier alpha value is -3.55. The van der Waals surface area contributed by atoms with Crippen LogP contribution in [0, 0.1) is 0 Å². The first-order valence-corrected chi connectivity index (χ1v) is 11.4. The summed E-state index contributed by atoms with van der Waals surface area (Å²) < 4.78 is 16.2. The highest BCUT2D eigenvalue weighted by Gasteiger charge is 2.21. The van der Waals surface area contributed by atoms with Crippen molar-refractivity contribution < 1.29 is 18.8 Å². The Morgan fingerprint density at radius 1 is 1.00 bits per heavy atom. The topological polar surface area (TPSA) is 80.9 Å².